The Morgan fingerprint density at radius 2 is 1.65 bits per heavy atom. The molecule has 1 amide bonds. The molecule has 2 N–H and O–H groups in total. The number of halogens is 1. The largest absolute Gasteiger partial charge is 0.322 e. The van der Waals surface area contributed by atoms with E-state index in [0.717, 1.165) is 49.9 Å². The molecule has 1 aliphatic heterocycles. The van der Waals surface area contributed by atoms with Crippen molar-refractivity contribution in [2.75, 3.05) is 0 Å². The fourth-order valence-electron chi connectivity index (χ4n) is 6.87. The van der Waals surface area contributed by atoms with Gasteiger partial charge in [0, 0.05) is 6.04 Å². The molecule has 0 radical (unpaired) electrons. The van der Waals surface area contributed by atoms with Crippen LogP contribution < -0.4 is 5.73 Å². The van der Waals surface area contributed by atoms with Gasteiger partial charge in [-0.3, -0.25) is 4.79 Å². The highest BCUT2D eigenvalue weighted by molar-refractivity contribution is 5.85. The van der Waals surface area contributed by atoms with Gasteiger partial charge in [-0.2, -0.15) is 5.26 Å². The Hall–Kier alpha value is -0.790. The number of nitrogens with zero attached hydrogens (tertiary/aromatic N) is 2. The molecule has 4 nitrogen and oxygen atoms in total. The van der Waals surface area contributed by atoms with Crippen LogP contribution in [0.25, 0.3) is 0 Å². The molecule has 5 heteroatoms. The van der Waals surface area contributed by atoms with Crippen LogP contribution in [0.4, 0.5) is 0 Å². The zero-order valence-corrected chi connectivity index (χ0v) is 14.3. The van der Waals surface area contributed by atoms with Gasteiger partial charge < -0.3 is 10.6 Å². The first-order valence-electron chi connectivity index (χ1n) is 9.07. The number of hydrogen-bond donors (Lipinski definition) is 1. The Labute approximate surface area is 144 Å². The Kier molecular flexibility index (Phi) is 3.49. The van der Waals surface area contributed by atoms with Crippen molar-refractivity contribution in [1.82, 2.24) is 4.90 Å². The lowest BCUT2D eigenvalue weighted by Crippen LogP contribution is -2.60. The number of carbonyl (C=O) groups excluding carboxylic acids is 1. The van der Waals surface area contributed by atoms with Crippen molar-refractivity contribution in [3.63, 3.8) is 0 Å². The lowest BCUT2D eigenvalue weighted by molar-refractivity contribution is -0.144. The lowest BCUT2D eigenvalue weighted by Gasteiger charge is -2.58. The van der Waals surface area contributed by atoms with E-state index >= 15 is 0 Å². The summed E-state index contributed by atoms with van der Waals surface area (Å²) in [5, 5.41) is 9.35. The predicted octanol–water partition coefficient (Wildman–Crippen LogP) is 2.46. The smallest absolute Gasteiger partial charge is 0.241 e. The molecule has 0 unspecified atom stereocenters. The lowest BCUT2D eigenvalue weighted by atomic mass is 9.47. The number of carbonyl (C=O) groups is 1. The SMILES string of the molecule is Cl.N#C[C@@H]1C[C@@H]2C[C@@H]2N1C(=O)[C@@H](N)C12CC3CC(CC(C3)C1)C2. The first-order valence-corrected chi connectivity index (χ1v) is 9.07. The number of nitrogens with two attached hydrogens (primary N) is 1. The maximum atomic E-state index is 13.1. The molecular formula is C18H26ClN3O. The molecule has 0 aromatic rings. The highest BCUT2D eigenvalue weighted by atomic mass is 35.5. The van der Waals surface area contributed by atoms with Crippen LogP contribution in [0.5, 0.6) is 0 Å². The second kappa shape index (κ2) is 5.10. The zero-order valence-electron chi connectivity index (χ0n) is 13.5. The van der Waals surface area contributed by atoms with E-state index in [1.165, 1.54) is 19.3 Å². The van der Waals surface area contributed by atoms with Crippen molar-refractivity contribution in [3.05, 3.63) is 0 Å². The Bertz CT molecular complexity index is 536. The van der Waals surface area contributed by atoms with Crippen LogP contribution in [-0.4, -0.2) is 28.9 Å². The van der Waals surface area contributed by atoms with E-state index in [-0.39, 0.29) is 35.8 Å². The third-order valence-electron chi connectivity index (χ3n) is 7.52. The molecule has 4 atom stereocenters. The number of hydrogen-bond acceptors (Lipinski definition) is 3. The van der Waals surface area contributed by atoms with Crippen LogP contribution in [0.15, 0.2) is 0 Å². The third kappa shape index (κ3) is 2.16. The van der Waals surface area contributed by atoms with E-state index in [9.17, 15) is 10.1 Å². The second-order valence-electron chi connectivity index (χ2n) is 8.95. The molecule has 1 saturated heterocycles. The van der Waals surface area contributed by atoms with Crippen LogP contribution in [0, 0.1) is 40.4 Å². The van der Waals surface area contributed by atoms with Crippen molar-refractivity contribution in [2.24, 2.45) is 34.8 Å². The zero-order chi connectivity index (χ0) is 15.1. The van der Waals surface area contributed by atoms with Crippen LogP contribution in [-0.2, 0) is 4.79 Å². The molecule has 4 bridgehead atoms. The predicted molar refractivity (Wildman–Crippen MR) is 88.6 cm³/mol. The fraction of sp³-hybridized carbons (Fsp3) is 0.889. The standard InChI is InChI=1S/C18H25N3O.ClH/c19-9-14-4-13-5-15(13)21(14)17(22)16(20)18-6-10-1-11(7-18)3-12(2-10)8-18;/h10-16H,1-8,20H2;1H/t10?,11?,12?,13-,14+,15+,16-,18?;/m1./s1. The summed E-state index contributed by atoms with van der Waals surface area (Å²) in [6.45, 7) is 0. The number of piperidine rings is 1. The summed E-state index contributed by atoms with van der Waals surface area (Å²) in [6.07, 6.45) is 9.55. The quantitative estimate of drug-likeness (QED) is 0.842. The van der Waals surface area contributed by atoms with Gasteiger partial charge in [0.15, 0.2) is 0 Å². The van der Waals surface area contributed by atoms with Gasteiger partial charge in [0.1, 0.15) is 6.04 Å². The van der Waals surface area contributed by atoms with Crippen LogP contribution in [0.3, 0.4) is 0 Å². The van der Waals surface area contributed by atoms with E-state index in [1.807, 2.05) is 4.90 Å². The average molecular weight is 336 g/mol. The first kappa shape index (κ1) is 15.7. The molecule has 0 aromatic carbocycles. The van der Waals surface area contributed by atoms with E-state index in [1.54, 1.807) is 0 Å². The van der Waals surface area contributed by atoms with Crippen LogP contribution in [0.1, 0.15) is 51.4 Å². The van der Waals surface area contributed by atoms with Gasteiger partial charge in [-0.05, 0) is 80.5 Å². The Morgan fingerprint density at radius 1 is 1.09 bits per heavy atom. The summed E-state index contributed by atoms with van der Waals surface area (Å²) in [5.74, 6) is 3.10. The second-order valence-corrected chi connectivity index (χ2v) is 8.95. The molecule has 23 heavy (non-hydrogen) atoms. The van der Waals surface area contributed by atoms with Crippen LogP contribution in [0.2, 0.25) is 0 Å². The van der Waals surface area contributed by atoms with Gasteiger partial charge >= 0.3 is 0 Å². The molecule has 0 aromatic heterocycles. The summed E-state index contributed by atoms with van der Waals surface area (Å²) in [5.41, 5.74) is 6.65. The summed E-state index contributed by atoms with van der Waals surface area (Å²) < 4.78 is 0. The molecule has 6 rings (SSSR count). The molecule has 126 valence electrons. The minimum atomic E-state index is -0.365. The molecule has 5 aliphatic carbocycles. The van der Waals surface area contributed by atoms with Gasteiger partial charge in [0.2, 0.25) is 5.91 Å². The maximum absolute atomic E-state index is 13.1. The van der Waals surface area contributed by atoms with Gasteiger partial charge in [0.05, 0.1) is 12.1 Å². The summed E-state index contributed by atoms with van der Waals surface area (Å²) in [6, 6.07) is 2.09. The molecule has 6 aliphatic rings. The number of nitriles is 1. The minimum absolute atomic E-state index is 0. The van der Waals surface area contributed by atoms with Gasteiger partial charge in [0.25, 0.3) is 0 Å². The Balaban J connectivity index is 0.00000135. The molecule has 0 spiro atoms. The topological polar surface area (TPSA) is 70.1 Å². The highest BCUT2D eigenvalue weighted by Crippen LogP contribution is 2.61. The molecule has 1 heterocycles. The monoisotopic (exact) mass is 335 g/mol. The molecular weight excluding hydrogens is 310 g/mol. The Morgan fingerprint density at radius 3 is 2.17 bits per heavy atom. The van der Waals surface area contributed by atoms with E-state index < -0.39 is 0 Å². The average Bonchev–Trinajstić information content (AvgIpc) is 3.15. The van der Waals surface area contributed by atoms with Crippen LogP contribution >= 0.6 is 12.4 Å². The van der Waals surface area contributed by atoms with Gasteiger partial charge in [-0.1, -0.05) is 0 Å². The number of fused-ring (bicyclic) bond motifs is 1. The fourth-order valence-corrected chi connectivity index (χ4v) is 6.87. The number of rotatable bonds is 2. The van der Waals surface area contributed by atoms with Crippen molar-refractivity contribution in [3.8, 4) is 6.07 Å². The molecule has 6 fully saturated rings. The van der Waals surface area contributed by atoms with Crippen molar-refractivity contribution in [1.29, 1.82) is 5.26 Å². The highest BCUT2D eigenvalue weighted by Gasteiger charge is 2.59. The minimum Gasteiger partial charge on any atom is -0.322 e. The van der Waals surface area contributed by atoms with Gasteiger partial charge in [-0.25, -0.2) is 0 Å². The third-order valence-corrected chi connectivity index (χ3v) is 7.52. The summed E-state index contributed by atoms with van der Waals surface area (Å²) in [7, 11) is 0. The van der Waals surface area contributed by atoms with E-state index in [0.29, 0.717) is 12.0 Å². The summed E-state index contributed by atoms with van der Waals surface area (Å²) in [4.78, 5) is 15.0. The van der Waals surface area contributed by atoms with Gasteiger partial charge in [-0.15, -0.1) is 12.4 Å². The van der Waals surface area contributed by atoms with E-state index in [2.05, 4.69) is 6.07 Å². The van der Waals surface area contributed by atoms with E-state index in [4.69, 9.17) is 5.73 Å². The number of likely N-dealkylation sites (tertiary alicyclic amines) is 1. The van der Waals surface area contributed by atoms with Crippen molar-refractivity contribution >= 4 is 18.3 Å². The number of amides is 1. The van der Waals surface area contributed by atoms with Crippen molar-refractivity contribution < 1.29 is 4.79 Å². The normalized spacial score (nSPS) is 50.0. The molecule has 5 saturated carbocycles. The first-order chi connectivity index (χ1) is 10.6. The maximum Gasteiger partial charge on any atom is 0.241 e. The van der Waals surface area contributed by atoms with Crippen molar-refractivity contribution in [2.45, 2.75) is 69.5 Å². The summed E-state index contributed by atoms with van der Waals surface area (Å²) >= 11 is 0.